The van der Waals surface area contributed by atoms with Crippen LogP contribution in [0.15, 0.2) is 22.7 Å². The molecule has 1 fully saturated rings. The Morgan fingerprint density at radius 3 is 2.46 bits per heavy atom. The smallest absolute Gasteiger partial charge is 0.325 e. The number of imide groups is 1. The fourth-order valence-electron chi connectivity index (χ4n) is 3.07. The van der Waals surface area contributed by atoms with E-state index in [2.05, 4.69) is 10.5 Å². The number of rotatable bonds is 5. The molecule has 0 saturated carbocycles. The highest BCUT2D eigenvalue weighted by Gasteiger charge is 2.49. The minimum absolute atomic E-state index is 0.106. The van der Waals surface area contributed by atoms with Crippen LogP contribution in [0.25, 0.3) is 0 Å². The molecule has 1 saturated heterocycles. The summed E-state index contributed by atoms with van der Waals surface area (Å²) >= 11 is 0. The number of aromatic nitrogens is 1. The average molecular weight is 359 g/mol. The second-order valence-corrected chi connectivity index (χ2v) is 6.32. The third kappa shape index (κ3) is 2.67. The molecule has 0 radical (unpaired) electrons. The first-order valence-electron chi connectivity index (χ1n) is 8.10. The van der Waals surface area contributed by atoms with Gasteiger partial charge in [0.2, 0.25) is 0 Å². The molecule has 8 heteroatoms. The van der Waals surface area contributed by atoms with Gasteiger partial charge in [-0.1, -0.05) is 11.2 Å². The Hall–Kier alpha value is -3.03. The first-order valence-corrected chi connectivity index (χ1v) is 8.10. The van der Waals surface area contributed by atoms with Crippen molar-refractivity contribution in [3.8, 4) is 11.5 Å². The van der Waals surface area contributed by atoms with E-state index in [1.165, 1.54) is 19.1 Å². The monoisotopic (exact) mass is 359 g/mol. The summed E-state index contributed by atoms with van der Waals surface area (Å²) in [5.74, 6) is 1.26. The first kappa shape index (κ1) is 17.8. The van der Waals surface area contributed by atoms with Crippen molar-refractivity contribution in [1.82, 2.24) is 15.4 Å². The molecule has 1 aromatic carbocycles. The van der Waals surface area contributed by atoms with E-state index in [-0.39, 0.29) is 12.5 Å². The number of nitrogens with one attached hydrogen (secondary N) is 1. The maximum atomic E-state index is 13.1. The van der Waals surface area contributed by atoms with E-state index in [9.17, 15) is 9.59 Å². The van der Waals surface area contributed by atoms with E-state index in [1.807, 2.05) is 0 Å². The minimum Gasteiger partial charge on any atom is -0.493 e. The second-order valence-electron chi connectivity index (χ2n) is 6.32. The number of aryl methyl sites for hydroxylation is 2. The van der Waals surface area contributed by atoms with Gasteiger partial charge in [-0.15, -0.1) is 0 Å². The molecule has 0 aliphatic carbocycles. The van der Waals surface area contributed by atoms with Crippen LogP contribution < -0.4 is 14.8 Å². The van der Waals surface area contributed by atoms with Crippen molar-refractivity contribution in [2.24, 2.45) is 0 Å². The molecule has 138 valence electrons. The molecular formula is C18H21N3O5. The number of ether oxygens (including phenoxy) is 2. The number of carbonyl (C=O) groups excluding carboxylic acids is 2. The molecule has 1 N–H and O–H groups in total. The third-order valence-electron chi connectivity index (χ3n) is 4.73. The second kappa shape index (κ2) is 6.36. The Morgan fingerprint density at radius 2 is 1.88 bits per heavy atom. The number of benzene rings is 1. The summed E-state index contributed by atoms with van der Waals surface area (Å²) in [6.45, 7) is 5.30. The van der Waals surface area contributed by atoms with Gasteiger partial charge in [0.1, 0.15) is 11.3 Å². The predicted octanol–water partition coefficient (Wildman–Crippen LogP) is 2.28. The van der Waals surface area contributed by atoms with Crippen LogP contribution in [0.2, 0.25) is 0 Å². The van der Waals surface area contributed by atoms with Crippen LogP contribution in [-0.2, 0) is 16.9 Å². The van der Waals surface area contributed by atoms with Gasteiger partial charge in [0.15, 0.2) is 11.5 Å². The number of methoxy groups -OCH3 is 2. The van der Waals surface area contributed by atoms with E-state index < -0.39 is 11.6 Å². The van der Waals surface area contributed by atoms with Crippen molar-refractivity contribution in [1.29, 1.82) is 0 Å². The molecule has 8 nitrogen and oxygen atoms in total. The lowest BCUT2D eigenvalue weighted by Gasteiger charge is -2.23. The molecule has 1 aliphatic rings. The number of urea groups is 1. The fourth-order valence-corrected chi connectivity index (χ4v) is 3.07. The van der Waals surface area contributed by atoms with Gasteiger partial charge in [0.25, 0.3) is 5.91 Å². The summed E-state index contributed by atoms with van der Waals surface area (Å²) < 4.78 is 15.6. The van der Waals surface area contributed by atoms with Crippen LogP contribution in [0.3, 0.4) is 0 Å². The van der Waals surface area contributed by atoms with E-state index in [1.54, 1.807) is 39.0 Å². The average Bonchev–Trinajstić information content (AvgIpc) is 3.06. The van der Waals surface area contributed by atoms with E-state index in [4.69, 9.17) is 14.0 Å². The summed E-state index contributed by atoms with van der Waals surface area (Å²) in [7, 11) is 3.05. The van der Waals surface area contributed by atoms with Crippen molar-refractivity contribution in [2.75, 3.05) is 14.2 Å². The zero-order valence-corrected chi connectivity index (χ0v) is 15.4. The van der Waals surface area contributed by atoms with Gasteiger partial charge < -0.3 is 19.3 Å². The Labute approximate surface area is 151 Å². The Balaban J connectivity index is 1.94. The number of hydrogen-bond donors (Lipinski definition) is 1. The maximum Gasteiger partial charge on any atom is 0.325 e. The number of nitrogens with zero attached hydrogens (tertiary/aromatic N) is 2. The van der Waals surface area contributed by atoms with Crippen LogP contribution in [0.5, 0.6) is 11.5 Å². The van der Waals surface area contributed by atoms with Gasteiger partial charge in [0, 0.05) is 5.56 Å². The fraction of sp³-hybridized carbons (Fsp3) is 0.389. The van der Waals surface area contributed by atoms with Gasteiger partial charge in [-0.3, -0.25) is 9.69 Å². The summed E-state index contributed by atoms with van der Waals surface area (Å²) in [6, 6.07) is 4.66. The van der Waals surface area contributed by atoms with E-state index in [0.29, 0.717) is 28.5 Å². The highest BCUT2D eigenvalue weighted by Crippen LogP contribution is 2.36. The zero-order chi connectivity index (χ0) is 19.1. The molecule has 2 heterocycles. The molecule has 1 atom stereocenters. The van der Waals surface area contributed by atoms with Crippen molar-refractivity contribution < 1.29 is 23.6 Å². The molecule has 0 spiro atoms. The minimum atomic E-state index is -1.20. The highest BCUT2D eigenvalue weighted by molar-refractivity contribution is 6.07. The molecule has 2 aromatic rings. The summed E-state index contributed by atoms with van der Waals surface area (Å²) in [6.07, 6.45) is 0. The Bertz CT molecular complexity index is 856. The zero-order valence-electron chi connectivity index (χ0n) is 15.4. The van der Waals surface area contributed by atoms with Crippen molar-refractivity contribution in [3.63, 3.8) is 0 Å². The lowest BCUT2D eigenvalue weighted by molar-refractivity contribution is -0.131. The molecule has 3 rings (SSSR count). The highest BCUT2D eigenvalue weighted by atomic mass is 16.5. The molecular weight excluding hydrogens is 338 g/mol. The first-order chi connectivity index (χ1) is 12.3. The normalized spacial score (nSPS) is 19.7. The van der Waals surface area contributed by atoms with Gasteiger partial charge in [0.05, 0.1) is 26.5 Å². The molecule has 26 heavy (non-hydrogen) atoms. The molecule has 1 aliphatic heterocycles. The SMILES string of the molecule is COc1ccc(C2(C)NC(=O)N(Cc3c(C)noc3C)C2=O)cc1OC. The van der Waals surface area contributed by atoms with Gasteiger partial charge in [-0.2, -0.15) is 0 Å². The molecule has 1 aromatic heterocycles. The van der Waals surface area contributed by atoms with Crippen LogP contribution in [0, 0.1) is 13.8 Å². The van der Waals surface area contributed by atoms with Gasteiger partial charge in [-0.05, 0) is 38.5 Å². The van der Waals surface area contributed by atoms with Gasteiger partial charge in [-0.25, -0.2) is 4.79 Å². The molecule has 1 unspecified atom stereocenters. The standard InChI is InChI=1S/C18H21N3O5/c1-10-13(11(2)26-20-10)9-21-16(22)18(3,19-17(21)23)12-6-7-14(24-4)15(8-12)25-5/h6-8H,9H2,1-5H3,(H,19,23). The maximum absolute atomic E-state index is 13.1. The third-order valence-corrected chi connectivity index (χ3v) is 4.73. The number of hydrogen-bond acceptors (Lipinski definition) is 6. The Kier molecular flexibility index (Phi) is 4.35. The van der Waals surface area contributed by atoms with E-state index in [0.717, 1.165) is 5.56 Å². The van der Waals surface area contributed by atoms with Crippen LogP contribution in [0.4, 0.5) is 4.79 Å². The van der Waals surface area contributed by atoms with Gasteiger partial charge >= 0.3 is 6.03 Å². The lowest BCUT2D eigenvalue weighted by atomic mass is 9.91. The quantitative estimate of drug-likeness (QED) is 0.823. The van der Waals surface area contributed by atoms with Crippen LogP contribution >= 0.6 is 0 Å². The van der Waals surface area contributed by atoms with Crippen LogP contribution in [-0.4, -0.2) is 36.2 Å². The topological polar surface area (TPSA) is 93.9 Å². The largest absolute Gasteiger partial charge is 0.493 e. The number of amides is 3. The van der Waals surface area contributed by atoms with Crippen molar-refractivity contribution in [3.05, 3.63) is 40.8 Å². The summed E-state index contributed by atoms with van der Waals surface area (Å²) in [4.78, 5) is 26.7. The number of carbonyl (C=O) groups is 2. The molecule has 3 amide bonds. The predicted molar refractivity (Wildman–Crippen MR) is 92.0 cm³/mol. The Morgan fingerprint density at radius 1 is 1.19 bits per heavy atom. The molecule has 0 bridgehead atoms. The van der Waals surface area contributed by atoms with Crippen molar-refractivity contribution >= 4 is 11.9 Å². The van der Waals surface area contributed by atoms with Crippen molar-refractivity contribution in [2.45, 2.75) is 32.9 Å². The lowest BCUT2D eigenvalue weighted by Crippen LogP contribution is -2.40. The summed E-state index contributed by atoms with van der Waals surface area (Å²) in [5, 5.41) is 6.65. The van der Waals surface area contributed by atoms with Crippen LogP contribution in [0.1, 0.15) is 29.5 Å². The van der Waals surface area contributed by atoms with E-state index >= 15 is 0 Å². The summed E-state index contributed by atoms with van der Waals surface area (Å²) in [5.41, 5.74) is 0.790.